The fraction of sp³-hybridized carbons (Fsp3) is 0.263. The molecule has 0 aliphatic heterocycles. The Morgan fingerprint density at radius 2 is 1.92 bits per heavy atom. The molecular weight excluding hydrogens is 356 g/mol. The summed E-state index contributed by atoms with van der Waals surface area (Å²) in [4.78, 5) is 23.3. The van der Waals surface area contributed by atoms with Crippen molar-refractivity contribution < 1.29 is 19.1 Å². The summed E-state index contributed by atoms with van der Waals surface area (Å²) in [5.74, 6) is -0.528. The maximum absolute atomic E-state index is 12.5. The normalized spacial score (nSPS) is 10.3. The molecule has 2 aromatic rings. The van der Waals surface area contributed by atoms with Crippen LogP contribution in [0.4, 0.5) is 0 Å². The van der Waals surface area contributed by atoms with Crippen LogP contribution < -0.4 is 20.5 Å². The number of ether oxygens (including phenoxy) is 2. The molecule has 2 amide bonds. The largest absolute Gasteiger partial charge is 0.493 e. The number of halogens is 1. The fourth-order valence-electron chi connectivity index (χ4n) is 2.46. The van der Waals surface area contributed by atoms with E-state index in [0.29, 0.717) is 12.1 Å². The lowest BCUT2D eigenvalue weighted by molar-refractivity contribution is -0.119. The first-order valence-corrected chi connectivity index (χ1v) is 8.32. The van der Waals surface area contributed by atoms with Crippen molar-refractivity contribution in [1.29, 1.82) is 0 Å². The molecule has 3 N–H and O–H groups in total. The van der Waals surface area contributed by atoms with Gasteiger partial charge < -0.3 is 20.5 Å². The number of nitrogens with one attached hydrogen (secondary N) is 1. The number of hydrogen-bond acceptors (Lipinski definition) is 4. The highest BCUT2D eigenvalue weighted by Gasteiger charge is 2.16. The first-order chi connectivity index (χ1) is 12.3. The van der Waals surface area contributed by atoms with Crippen LogP contribution in [-0.2, 0) is 11.3 Å². The van der Waals surface area contributed by atoms with Crippen molar-refractivity contribution in [2.75, 3.05) is 13.7 Å². The van der Waals surface area contributed by atoms with E-state index in [1.54, 1.807) is 0 Å². The smallest absolute Gasteiger partial charge is 0.255 e. The van der Waals surface area contributed by atoms with Gasteiger partial charge in [-0.05, 0) is 37.1 Å². The molecule has 0 aliphatic rings. The van der Waals surface area contributed by atoms with Gasteiger partial charge in [-0.1, -0.05) is 35.4 Å². The summed E-state index contributed by atoms with van der Waals surface area (Å²) in [5.41, 5.74) is 8.69. The van der Waals surface area contributed by atoms with Crippen LogP contribution in [0.2, 0.25) is 5.02 Å². The first-order valence-electron chi connectivity index (χ1n) is 7.94. The second kappa shape index (κ2) is 8.58. The zero-order valence-corrected chi connectivity index (χ0v) is 15.6. The number of nitrogens with two attached hydrogens (primary N) is 1. The lowest BCUT2D eigenvalue weighted by Crippen LogP contribution is -2.23. The van der Waals surface area contributed by atoms with Gasteiger partial charge in [-0.3, -0.25) is 9.59 Å². The molecule has 0 unspecified atom stereocenters. The molecule has 0 heterocycles. The summed E-state index contributed by atoms with van der Waals surface area (Å²) in [6.45, 7) is 4.07. The van der Waals surface area contributed by atoms with Crippen molar-refractivity contribution in [3.8, 4) is 11.5 Å². The molecule has 2 rings (SSSR count). The van der Waals surface area contributed by atoms with E-state index in [-0.39, 0.29) is 29.0 Å². The summed E-state index contributed by atoms with van der Waals surface area (Å²) in [5, 5.41) is 3.01. The number of methoxy groups -OCH3 is 1. The van der Waals surface area contributed by atoms with E-state index < -0.39 is 5.91 Å². The number of carbonyl (C=O) groups excluding carboxylic acids is 2. The van der Waals surface area contributed by atoms with E-state index in [4.69, 9.17) is 26.8 Å². The Morgan fingerprint density at radius 1 is 1.19 bits per heavy atom. The van der Waals surface area contributed by atoms with E-state index in [1.165, 1.54) is 24.8 Å². The van der Waals surface area contributed by atoms with Crippen molar-refractivity contribution in [2.45, 2.75) is 20.4 Å². The van der Waals surface area contributed by atoms with E-state index >= 15 is 0 Å². The van der Waals surface area contributed by atoms with Gasteiger partial charge in [-0.15, -0.1) is 0 Å². The topological polar surface area (TPSA) is 90.7 Å². The average Bonchev–Trinajstić information content (AvgIpc) is 2.58. The summed E-state index contributed by atoms with van der Waals surface area (Å²) in [6, 6.07) is 9.00. The minimum Gasteiger partial charge on any atom is -0.493 e. The molecule has 7 heteroatoms. The number of hydrogen-bond donors (Lipinski definition) is 2. The number of aryl methyl sites for hydroxylation is 2. The molecule has 0 fully saturated rings. The predicted octanol–water partition coefficient (Wildman–Crippen LogP) is 2.76. The third-order valence-electron chi connectivity index (χ3n) is 3.79. The average molecular weight is 377 g/mol. The molecule has 0 bridgehead atoms. The number of amides is 2. The summed E-state index contributed by atoms with van der Waals surface area (Å²) < 4.78 is 10.5. The highest BCUT2D eigenvalue weighted by atomic mass is 35.5. The predicted molar refractivity (Wildman–Crippen MR) is 99.8 cm³/mol. The van der Waals surface area contributed by atoms with Crippen LogP contribution in [0.25, 0.3) is 0 Å². The zero-order chi connectivity index (χ0) is 19.3. The molecule has 6 nitrogen and oxygen atoms in total. The van der Waals surface area contributed by atoms with Crippen molar-refractivity contribution in [1.82, 2.24) is 5.32 Å². The molecule has 2 aromatic carbocycles. The Bertz CT molecular complexity index is 837. The second-order valence-corrected chi connectivity index (χ2v) is 6.26. The van der Waals surface area contributed by atoms with Crippen LogP contribution in [-0.4, -0.2) is 25.5 Å². The molecule has 0 atom stereocenters. The van der Waals surface area contributed by atoms with Crippen molar-refractivity contribution in [3.05, 3.63) is 57.6 Å². The molecule has 0 saturated carbocycles. The monoisotopic (exact) mass is 376 g/mol. The van der Waals surface area contributed by atoms with Crippen LogP contribution in [0.15, 0.2) is 30.3 Å². The Morgan fingerprint density at radius 3 is 2.54 bits per heavy atom. The number of carbonyl (C=O) groups is 2. The van der Waals surface area contributed by atoms with E-state index in [2.05, 4.69) is 11.4 Å². The second-order valence-electron chi connectivity index (χ2n) is 5.86. The minimum absolute atomic E-state index is 0.155. The minimum atomic E-state index is -0.640. The summed E-state index contributed by atoms with van der Waals surface area (Å²) in [6.07, 6.45) is 0. The Balaban J connectivity index is 2.15. The van der Waals surface area contributed by atoms with Gasteiger partial charge in [-0.2, -0.15) is 0 Å². The van der Waals surface area contributed by atoms with Crippen LogP contribution in [0.3, 0.4) is 0 Å². The van der Waals surface area contributed by atoms with E-state index in [1.807, 2.05) is 26.0 Å². The molecule has 0 spiro atoms. The van der Waals surface area contributed by atoms with E-state index in [0.717, 1.165) is 11.1 Å². The SMILES string of the molecule is COc1cc(C(=O)NCc2ccc(C)cc2C)cc(Cl)c1OCC(N)=O. The van der Waals surface area contributed by atoms with Crippen LogP contribution in [0, 0.1) is 13.8 Å². The lowest BCUT2D eigenvalue weighted by atomic mass is 10.1. The van der Waals surface area contributed by atoms with Gasteiger partial charge in [0.1, 0.15) is 0 Å². The lowest BCUT2D eigenvalue weighted by Gasteiger charge is -2.14. The third kappa shape index (κ3) is 4.89. The molecule has 0 aliphatic carbocycles. The van der Waals surface area contributed by atoms with Gasteiger partial charge in [0.15, 0.2) is 18.1 Å². The van der Waals surface area contributed by atoms with Crippen molar-refractivity contribution in [2.24, 2.45) is 5.73 Å². The third-order valence-corrected chi connectivity index (χ3v) is 4.07. The quantitative estimate of drug-likeness (QED) is 0.777. The van der Waals surface area contributed by atoms with Gasteiger partial charge in [-0.25, -0.2) is 0 Å². The number of rotatable bonds is 7. The van der Waals surface area contributed by atoms with Crippen LogP contribution in [0.1, 0.15) is 27.0 Å². The highest BCUT2D eigenvalue weighted by Crippen LogP contribution is 2.36. The molecular formula is C19H21ClN2O4. The molecule has 138 valence electrons. The first kappa shape index (κ1) is 19.6. The molecule has 0 aromatic heterocycles. The van der Waals surface area contributed by atoms with Crippen LogP contribution in [0.5, 0.6) is 11.5 Å². The fourth-order valence-corrected chi connectivity index (χ4v) is 2.72. The molecule has 0 saturated heterocycles. The maximum Gasteiger partial charge on any atom is 0.255 e. The number of primary amides is 1. The van der Waals surface area contributed by atoms with Gasteiger partial charge in [0.2, 0.25) is 0 Å². The van der Waals surface area contributed by atoms with Crippen molar-refractivity contribution in [3.63, 3.8) is 0 Å². The standard InChI is InChI=1S/C19H21ClN2O4/c1-11-4-5-13(12(2)6-11)9-22-19(24)14-7-15(20)18(16(8-14)25-3)26-10-17(21)23/h4-8H,9-10H2,1-3H3,(H2,21,23)(H,22,24). The Kier molecular flexibility index (Phi) is 6.46. The Labute approximate surface area is 157 Å². The molecule has 0 radical (unpaired) electrons. The summed E-state index contributed by atoms with van der Waals surface area (Å²) >= 11 is 6.16. The highest BCUT2D eigenvalue weighted by molar-refractivity contribution is 6.32. The summed E-state index contributed by atoms with van der Waals surface area (Å²) in [7, 11) is 1.42. The Hall–Kier alpha value is -2.73. The zero-order valence-electron chi connectivity index (χ0n) is 14.9. The van der Waals surface area contributed by atoms with Gasteiger partial charge >= 0.3 is 0 Å². The number of benzene rings is 2. The van der Waals surface area contributed by atoms with Gasteiger partial charge in [0.05, 0.1) is 12.1 Å². The van der Waals surface area contributed by atoms with Gasteiger partial charge in [0.25, 0.3) is 11.8 Å². The van der Waals surface area contributed by atoms with E-state index in [9.17, 15) is 9.59 Å². The van der Waals surface area contributed by atoms with Gasteiger partial charge in [0, 0.05) is 12.1 Å². The maximum atomic E-state index is 12.5. The molecule has 26 heavy (non-hydrogen) atoms. The van der Waals surface area contributed by atoms with Crippen LogP contribution >= 0.6 is 11.6 Å². The van der Waals surface area contributed by atoms with Crippen molar-refractivity contribution >= 4 is 23.4 Å².